The van der Waals surface area contributed by atoms with Crippen LogP contribution in [-0.2, 0) is 0 Å². The lowest BCUT2D eigenvalue weighted by Gasteiger charge is -2.08. The van der Waals surface area contributed by atoms with Crippen molar-refractivity contribution in [1.29, 1.82) is 0 Å². The van der Waals surface area contributed by atoms with Gasteiger partial charge in [-0.05, 0) is 34.0 Å². The van der Waals surface area contributed by atoms with Crippen molar-refractivity contribution in [3.63, 3.8) is 0 Å². The zero-order chi connectivity index (χ0) is 19.3. The molecule has 0 saturated heterocycles. The first kappa shape index (κ1) is 32.1. The second kappa shape index (κ2) is 26.4. The van der Waals surface area contributed by atoms with Crippen LogP contribution in [0.3, 0.4) is 0 Å². The zero-order valence-corrected chi connectivity index (χ0v) is 20.2. The van der Waals surface area contributed by atoms with E-state index in [4.69, 9.17) is 0 Å². The van der Waals surface area contributed by atoms with Crippen molar-refractivity contribution in [2.45, 2.75) is 104 Å². The van der Waals surface area contributed by atoms with Gasteiger partial charge in [-0.1, -0.05) is 126 Å². The maximum Gasteiger partial charge on any atom is -0.00248 e. The molecule has 0 aliphatic heterocycles. The smallest absolute Gasteiger partial charge is 0.00248 e. The van der Waals surface area contributed by atoms with Gasteiger partial charge in [0.1, 0.15) is 0 Å². The summed E-state index contributed by atoms with van der Waals surface area (Å²) in [7, 11) is 4.34. The van der Waals surface area contributed by atoms with Crippen LogP contribution in [0.1, 0.15) is 102 Å². The predicted molar refractivity (Wildman–Crippen MR) is 131 cm³/mol. The second-order valence-electron chi connectivity index (χ2n) is 8.05. The normalized spacial score (nSPS) is 9.89. The predicted octanol–water partition coefficient (Wildman–Crippen LogP) is 7.62. The number of hydrogen-bond donors (Lipinski definition) is 0. The second-order valence-corrected chi connectivity index (χ2v) is 8.05. The Morgan fingerprint density at radius 3 is 1.25 bits per heavy atom. The van der Waals surface area contributed by atoms with E-state index in [2.05, 4.69) is 45.0 Å². The molecule has 1 aromatic carbocycles. The van der Waals surface area contributed by atoms with Gasteiger partial charge in [0.15, 0.2) is 0 Å². The van der Waals surface area contributed by atoms with E-state index in [0.29, 0.717) is 0 Å². The molecule has 0 bridgehead atoms. The molecule has 0 aromatic heterocycles. The van der Waals surface area contributed by atoms with Crippen molar-refractivity contribution in [2.24, 2.45) is 0 Å². The fourth-order valence-corrected chi connectivity index (χ4v) is 3.16. The van der Waals surface area contributed by atoms with Gasteiger partial charge in [0.05, 0.1) is 0 Å². The van der Waals surface area contributed by atoms with Crippen molar-refractivity contribution in [3.05, 3.63) is 35.9 Å². The molecule has 3 heteroatoms. The Bertz CT molecular complexity index is 370. The van der Waals surface area contributed by atoms with Crippen LogP contribution < -0.4 is 0 Å². The van der Waals surface area contributed by atoms with Gasteiger partial charge in [-0.15, -0.1) is 12.4 Å². The summed E-state index contributed by atoms with van der Waals surface area (Å²) in [6, 6.07) is 10.3. The maximum absolute atomic E-state index is 2.29. The van der Waals surface area contributed by atoms with Crippen LogP contribution >= 0.6 is 12.4 Å². The lowest BCUT2D eigenvalue weighted by molar-refractivity contribution is 0.389. The third-order valence-electron chi connectivity index (χ3n) is 4.90. The zero-order valence-electron chi connectivity index (χ0n) is 19.3. The summed E-state index contributed by atoms with van der Waals surface area (Å²) in [5, 5.41) is 0. The van der Waals surface area contributed by atoms with E-state index in [1.807, 2.05) is 18.2 Å². The van der Waals surface area contributed by atoms with Gasteiger partial charge in [0.2, 0.25) is 0 Å². The molecule has 0 radical (unpaired) electrons. The first-order chi connectivity index (χ1) is 12.7. The summed E-state index contributed by atoms with van der Waals surface area (Å²) in [6.07, 6.45) is 20.3. The van der Waals surface area contributed by atoms with Crippen molar-refractivity contribution in [1.82, 2.24) is 4.90 Å². The van der Waals surface area contributed by atoms with Crippen LogP contribution in [0.4, 0.5) is 0 Å². The molecule has 0 atom stereocenters. The minimum atomic E-state index is 0. The highest BCUT2D eigenvalue weighted by molar-refractivity contribution is 5.85. The third-order valence-corrected chi connectivity index (χ3v) is 4.90. The summed E-state index contributed by atoms with van der Waals surface area (Å²) >= 11 is 0. The average molecular weight is 416 g/mol. The van der Waals surface area contributed by atoms with Crippen molar-refractivity contribution in [2.75, 3.05) is 20.6 Å². The number of unbranched alkanes of at least 4 members (excludes halogenated alkanes) is 13. The molecule has 0 heterocycles. The SMILES string of the molecule is CCCCCCCCCCCCCCCCN(C)C.Cc1ccccc1.Cl.O. The molecule has 1 rings (SSSR count). The van der Waals surface area contributed by atoms with E-state index in [-0.39, 0.29) is 17.9 Å². The molecule has 2 N–H and O–H groups in total. The van der Waals surface area contributed by atoms with Crippen molar-refractivity contribution < 1.29 is 5.48 Å². The Labute approximate surface area is 183 Å². The quantitative estimate of drug-likeness (QED) is 0.271. The van der Waals surface area contributed by atoms with Gasteiger partial charge in [-0.3, -0.25) is 0 Å². The van der Waals surface area contributed by atoms with Crippen LogP contribution in [0.25, 0.3) is 0 Å². The first-order valence-electron chi connectivity index (χ1n) is 11.3. The van der Waals surface area contributed by atoms with Gasteiger partial charge in [0.25, 0.3) is 0 Å². The Morgan fingerprint density at radius 2 is 0.964 bits per heavy atom. The van der Waals surface area contributed by atoms with E-state index in [9.17, 15) is 0 Å². The fourth-order valence-electron chi connectivity index (χ4n) is 3.16. The molecule has 1 aromatic rings. The maximum atomic E-state index is 2.29. The van der Waals surface area contributed by atoms with Gasteiger partial charge in [0, 0.05) is 0 Å². The molecule has 0 aliphatic carbocycles. The monoisotopic (exact) mass is 415 g/mol. The summed E-state index contributed by atoms with van der Waals surface area (Å²) in [6.45, 7) is 5.64. The van der Waals surface area contributed by atoms with Gasteiger partial charge in [-0.25, -0.2) is 0 Å². The van der Waals surface area contributed by atoms with Gasteiger partial charge >= 0.3 is 0 Å². The molecule has 168 valence electrons. The number of hydrogen-bond acceptors (Lipinski definition) is 1. The number of halogens is 1. The molecular formula is C25H50ClNO. The van der Waals surface area contributed by atoms with Crippen LogP contribution in [-0.4, -0.2) is 31.0 Å². The molecule has 2 nitrogen and oxygen atoms in total. The van der Waals surface area contributed by atoms with Gasteiger partial charge in [-0.2, -0.15) is 0 Å². The molecule has 0 saturated carbocycles. The standard InChI is InChI=1S/C18H39N.C7H8.ClH.H2O/c1-4-5-6-7-8-9-10-11-12-13-14-15-16-17-18-19(2)3;1-7-5-3-2-4-6-7;;/h4-18H2,1-3H3;2-6H,1H3;1H;1H2. The number of aryl methyl sites for hydroxylation is 1. The van der Waals surface area contributed by atoms with Crippen LogP contribution in [0, 0.1) is 6.92 Å². The van der Waals surface area contributed by atoms with Crippen molar-refractivity contribution in [3.8, 4) is 0 Å². The molecule has 0 spiro atoms. The largest absolute Gasteiger partial charge is 0.412 e. The van der Waals surface area contributed by atoms with Crippen molar-refractivity contribution >= 4 is 12.4 Å². The minimum Gasteiger partial charge on any atom is -0.412 e. The van der Waals surface area contributed by atoms with E-state index in [1.165, 1.54) is 102 Å². The first-order valence-corrected chi connectivity index (χ1v) is 11.3. The average Bonchev–Trinajstić information content (AvgIpc) is 2.63. The number of nitrogens with zero attached hydrogens (tertiary/aromatic N) is 1. The Morgan fingerprint density at radius 1 is 0.607 bits per heavy atom. The Hall–Kier alpha value is -0.570. The molecule has 0 amide bonds. The molecule has 0 aliphatic rings. The molecule has 28 heavy (non-hydrogen) atoms. The summed E-state index contributed by atoms with van der Waals surface area (Å²) in [5.74, 6) is 0. The highest BCUT2D eigenvalue weighted by atomic mass is 35.5. The number of rotatable bonds is 15. The molecule has 0 fully saturated rings. The van der Waals surface area contributed by atoms with E-state index < -0.39 is 0 Å². The van der Waals surface area contributed by atoms with Crippen LogP contribution in [0.5, 0.6) is 0 Å². The van der Waals surface area contributed by atoms with E-state index in [1.54, 1.807) is 0 Å². The Kier molecular flexibility index (Phi) is 30.3. The highest BCUT2D eigenvalue weighted by Crippen LogP contribution is 2.12. The Balaban J connectivity index is -0.000000583. The summed E-state index contributed by atoms with van der Waals surface area (Å²) < 4.78 is 0. The third kappa shape index (κ3) is 27.6. The lowest BCUT2D eigenvalue weighted by Crippen LogP contribution is -2.12. The molecule has 0 unspecified atom stereocenters. The molecular weight excluding hydrogens is 366 g/mol. The van der Waals surface area contributed by atoms with Gasteiger partial charge < -0.3 is 10.4 Å². The van der Waals surface area contributed by atoms with Crippen LogP contribution in [0.2, 0.25) is 0 Å². The fraction of sp³-hybridized carbons (Fsp3) is 0.760. The summed E-state index contributed by atoms with van der Waals surface area (Å²) in [5.41, 5.74) is 1.32. The highest BCUT2D eigenvalue weighted by Gasteiger charge is 1.94. The topological polar surface area (TPSA) is 34.7 Å². The lowest BCUT2D eigenvalue weighted by atomic mass is 10.0. The van der Waals surface area contributed by atoms with E-state index in [0.717, 1.165) is 0 Å². The van der Waals surface area contributed by atoms with E-state index >= 15 is 0 Å². The van der Waals surface area contributed by atoms with Crippen LogP contribution in [0.15, 0.2) is 30.3 Å². The minimum absolute atomic E-state index is 0. The summed E-state index contributed by atoms with van der Waals surface area (Å²) in [4.78, 5) is 2.29. The number of benzene rings is 1.